The van der Waals surface area contributed by atoms with Crippen LogP contribution in [-0.4, -0.2) is 61.5 Å². The SMILES string of the molecule is NC1=NC2(CCN(C(=O)NCc3nc(-c4ncccn4)no3)CC2)C(=O)N1. The lowest BCUT2D eigenvalue weighted by atomic mass is 9.88. The number of aromatic nitrogens is 4. The number of carbonyl (C=O) groups excluding carboxylic acids is 2. The van der Waals surface area contributed by atoms with Crippen LogP contribution in [0.3, 0.4) is 0 Å². The van der Waals surface area contributed by atoms with Gasteiger partial charge in [-0.1, -0.05) is 5.16 Å². The van der Waals surface area contributed by atoms with E-state index >= 15 is 0 Å². The first-order valence-electron chi connectivity index (χ1n) is 8.35. The molecule has 0 unspecified atom stereocenters. The van der Waals surface area contributed by atoms with Crippen LogP contribution >= 0.6 is 0 Å². The van der Waals surface area contributed by atoms with Crippen molar-refractivity contribution in [1.82, 2.24) is 35.6 Å². The third-order valence-corrected chi connectivity index (χ3v) is 4.50. The molecule has 4 rings (SSSR count). The number of urea groups is 1. The summed E-state index contributed by atoms with van der Waals surface area (Å²) < 4.78 is 5.10. The number of hydrogen-bond donors (Lipinski definition) is 3. The van der Waals surface area contributed by atoms with Crippen LogP contribution in [0.1, 0.15) is 18.7 Å². The molecule has 0 aromatic carbocycles. The highest BCUT2D eigenvalue weighted by atomic mass is 16.5. The van der Waals surface area contributed by atoms with Crippen LogP contribution < -0.4 is 16.4 Å². The Hall–Kier alpha value is -3.57. The van der Waals surface area contributed by atoms with Crippen LogP contribution in [0.25, 0.3) is 11.6 Å². The molecular formula is C15H17N9O3. The van der Waals surface area contributed by atoms with Crippen molar-refractivity contribution >= 4 is 17.9 Å². The number of rotatable bonds is 3. The van der Waals surface area contributed by atoms with Gasteiger partial charge in [-0.2, -0.15) is 4.98 Å². The molecule has 0 radical (unpaired) electrons. The minimum Gasteiger partial charge on any atom is -0.370 e. The second-order valence-electron chi connectivity index (χ2n) is 6.21. The van der Waals surface area contributed by atoms with Crippen molar-refractivity contribution in [3.8, 4) is 11.6 Å². The summed E-state index contributed by atoms with van der Waals surface area (Å²) in [7, 11) is 0. The van der Waals surface area contributed by atoms with E-state index in [4.69, 9.17) is 10.3 Å². The van der Waals surface area contributed by atoms with E-state index in [1.54, 1.807) is 23.4 Å². The van der Waals surface area contributed by atoms with Gasteiger partial charge in [0.15, 0.2) is 5.96 Å². The third-order valence-electron chi connectivity index (χ3n) is 4.50. The van der Waals surface area contributed by atoms with E-state index in [0.29, 0.717) is 31.8 Å². The summed E-state index contributed by atoms with van der Waals surface area (Å²) in [4.78, 5) is 42.4. The number of hydrogen-bond acceptors (Lipinski definition) is 9. The summed E-state index contributed by atoms with van der Waals surface area (Å²) in [5.74, 6) is 0.762. The minimum atomic E-state index is -0.849. The zero-order valence-corrected chi connectivity index (χ0v) is 14.3. The van der Waals surface area contributed by atoms with Gasteiger partial charge in [-0.3, -0.25) is 10.1 Å². The van der Waals surface area contributed by atoms with Crippen molar-refractivity contribution in [2.45, 2.75) is 24.9 Å². The number of amides is 3. The van der Waals surface area contributed by atoms with E-state index in [2.05, 4.69) is 35.7 Å². The van der Waals surface area contributed by atoms with Gasteiger partial charge in [0.05, 0.1) is 6.54 Å². The summed E-state index contributed by atoms with van der Waals surface area (Å²) in [5, 5.41) is 9.03. The molecule has 2 aliphatic rings. The van der Waals surface area contributed by atoms with Crippen molar-refractivity contribution in [2.75, 3.05) is 13.1 Å². The molecule has 0 saturated carbocycles. The summed E-state index contributed by atoms with van der Waals surface area (Å²) in [6, 6.07) is 1.40. The quantitative estimate of drug-likeness (QED) is 0.619. The van der Waals surface area contributed by atoms with Crippen molar-refractivity contribution in [3.05, 3.63) is 24.4 Å². The van der Waals surface area contributed by atoms with E-state index in [0.717, 1.165) is 0 Å². The van der Waals surface area contributed by atoms with Crippen molar-refractivity contribution in [2.24, 2.45) is 10.7 Å². The Morgan fingerprint density at radius 3 is 2.70 bits per heavy atom. The van der Waals surface area contributed by atoms with E-state index < -0.39 is 5.54 Å². The van der Waals surface area contributed by atoms with E-state index in [-0.39, 0.29) is 36.2 Å². The fraction of sp³-hybridized carbons (Fsp3) is 0.400. The van der Waals surface area contributed by atoms with Gasteiger partial charge in [-0.25, -0.2) is 19.8 Å². The standard InChI is InChI=1S/C15H17N9O3/c16-13-21-12(25)15(22-13)2-6-24(7-3-15)14(26)19-8-9-20-11(23-27-9)10-17-4-1-5-18-10/h1,4-5H,2-3,6-8H2,(H,19,26)(H3,16,21,22,25). The van der Waals surface area contributed by atoms with Gasteiger partial charge in [0.2, 0.25) is 17.5 Å². The molecule has 4 N–H and O–H groups in total. The predicted octanol–water partition coefficient (Wildman–Crippen LogP) is -0.985. The average Bonchev–Trinajstić information content (AvgIpc) is 3.26. The average molecular weight is 371 g/mol. The molecule has 1 saturated heterocycles. The van der Waals surface area contributed by atoms with Gasteiger partial charge in [0.25, 0.3) is 5.91 Å². The molecular weight excluding hydrogens is 354 g/mol. The number of nitrogens with zero attached hydrogens (tertiary/aromatic N) is 6. The van der Waals surface area contributed by atoms with E-state index in [1.165, 1.54) is 0 Å². The first-order valence-corrected chi connectivity index (χ1v) is 8.35. The number of piperidine rings is 1. The smallest absolute Gasteiger partial charge is 0.317 e. The lowest BCUT2D eigenvalue weighted by Crippen LogP contribution is -2.52. The highest BCUT2D eigenvalue weighted by Crippen LogP contribution is 2.29. The summed E-state index contributed by atoms with van der Waals surface area (Å²) in [6.07, 6.45) is 3.99. The van der Waals surface area contributed by atoms with E-state index in [1.807, 2.05) is 0 Å². The van der Waals surface area contributed by atoms with Crippen molar-refractivity contribution in [3.63, 3.8) is 0 Å². The van der Waals surface area contributed by atoms with Gasteiger partial charge < -0.3 is 20.5 Å². The van der Waals surface area contributed by atoms with Gasteiger partial charge >= 0.3 is 6.03 Å². The lowest BCUT2D eigenvalue weighted by molar-refractivity contribution is -0.125. The third kappa shape index (κ3) is 3.28. The molecule has 27 heavy (non-hydrogen) atoms. The van der Waals surface area contributed by atoms with Crippen LogP contribution in [0.4, 0.5) is 4.79 Å². The molecule has 1 fully saturated rings. The normalized spacial score (nSPS) is 18.3. The largest absolute Gasteiger partial charge is 0.370 e. The Balaban J connectivity index is 1.31. The van der Waals surface area contributed by atoms with Crippen LogP contribution in [0.15, 0.2) is 28.0 Å². The highest BCUT2D eigenvalue weighted by molar-refractivity contribution is 6.06. The number of nitrogens with two attached hydrogens (primary N) is 1. The molecule has 1 spiro atoms. The molecule has 2 aliphatic heterocycles. The molecule has 140 valence electrons. The van der Waals surface area contributed by atoms with Crippen LogP contribution in [0.2, 0.25) is 0 Å². The first kappa shape index (κ1) is 16.9. The molecule has 12 heteroatoms. The van der Waals surface area contributed by atoms with Crippen molar-refractivity contribution < 1.29 is 14.1 Å². The minimum absolute atomic E-state index is 0.0753. The summed E-state index contributed by atoms with van der Waals surface area (Å²) >= 11 is 0. The molecule has 0 atom stereocenters. The molecule has 3 amide bonds. The summed E-state index contributed by atoms with van der Waals surface area (Å²) in [6.45, 7) is 0.859. The number of carbonyl (C=O) groups is 2. The highest BCUT2D eigenvalue weighted by Gasteiger charge is 2.46. The monoisotopic (exact) mass is 371 g/mol. The van der Waals surface area contributed by atoms with Crippen molar-refractivity contribution in [1.29, 1.82) is 0 Å². The fourth-order valence-corrected chi connectivity index (χ4v) is 3.06. The maximum Gasteiger partial charge on any atom is 0.317 e. The zero-order valence-electron chi connectivity index (χ0n) is 14.3. The molecule has 4 heterocycles. The summed E-state index contributed by atoms with van der Waals surface area (Å²) in [5.41, 5.74) is 4.72. The van der Waals surface area contributed by atoms with Gasteiger partial charge in [0, 0.05) is 25.5 Å². The Labute approximate surface area is 153 Å². The Bertz CT molecular complexity index is 887. The van der Waals surface area contributed by atoms with Crippen LogP contribution in [0.5, 0.6) is 0 Å². The van der Waals surface area contributed by atoms with Crippen LogP contribution in [0, 0.1) is 0 Å². The van der Waals surface area contributed by atoms with Crippen LogP contribution in [-0.2, 0) is 11.3 Å². The first-order chi connectivity index (χ1) is 13.1. The second kappa shape index (κ2) is 6.63. The van der Waals surface area contributed by atoms with Gasteiger partial charge in [-0.15, -0.1) is 0 Å². The predicted molar refractivity (Wildman–Crippen MR) is 90.9 cm³/mol. The maximum absolute atomic E-state index is 12.3. The Kier molecular flexibility index (Phi) is 4.14. The molecule has 0 aliphatic carbocycles. The lowest BCUT2D eigenvalue weighted by Gasteiger charge is -2.35. The number of aliphatic imine (C=N–C) groups is 1. The van der Waals surface area contributed by atoms with Gasteiger partial charge in [0.1, 0.15) is 5.54 Å². The Morgan fingerprint density at radius 1 is 1.30 bits per heavy atom. The molecule has 2 aromatic heterocycles. The zero-order chi connectivity index (χ0) is 18.9. The number of nitrogens with one attached hydrogen (secondary N) is 2. The molecule has 12 nitrogen and oxygen atoms in total. The number of likely N-dealkylation sites (tertiary alicyclic amines) is 1. The molecule has 2 aromatic rings. The number of guanidine groups is 1. The van der Waals surface area contributed by atoms with E-state index in [9.17, 15) is 9.59 Å². The second-order valence-corrected chi connectivity index (χ2v) is 6.21. The van der Waals surface area contributed by atoms with Gasteiger partial charge in [-0.05, 0) is 18.9 Å². The Morgan fingerprint density at radius 2 is 2.04 bits per heavy atom. The maximum atomic E-state index is 12.3. The molecule has 0 bridgehead atoms. The topological polar surface area (TPSA) is 165 Å². The fourth-order valence-electron chi connectivity index (χ4n) is 3.06.